The van der Waals surface area contributed by atoms with Gasteiger partial charge in [0.2, 0.25) is 0 Å². The Hall–Kier alpha value is -1.32. The Morgan fingerprint density at radius 1 is 1.24 bits per heavy atom. The van der Waals surface area contributed by atoms with E-state index >= 15 is 0 Å². The summed E-state index contributed by atoms with van der Waals surface area (Å²) in [7, 11) is 0. The van der Waals surface area contributed by atoms with Crippen molar-refractivity contribution in [2.75, 3.05) is 6.54 Å². The minimum absolute atomic E-state index is 0.270. The van der Waals surface area contributed by atoms with Crippen LogP contribution in [0.4, 0.5) is 0 Å². The quantitative estimate of drug-likeness (QED) is 0.840. The van der Waals surface area contributed by atoms with Crippen molar-refractivity contribution in [2.24, 2.45) is 5.73 Å². The summed E-state index contributed by atoms with van der Waals surface area (Å²) < 4.78 is 0. The molecule has 0 aliphatic heterocycles. The zero-order valence-electron chi connectivity index (χ0n) is 9.84. The summed E-state index contributed by atoms with van der Waals surface area (Å²) in [6, 6.07) is 12.6. The molecule has 0 amide bonds. The monoisotopic (exact) mass is 244 g/mol. The number of nitrogens with two attached hydrogens (primary N) is 1. The average Bonchev–Trinajstić information content (AvgIpc) is 2.39. The highest BCUT2D eigenvalue weighted by Gasteiger charge is 2.11. The summed E-state index contributed by atoms with van der Waals surface area (Å²) in [5.74, 6) is 0. The molecule has 2 N–H and O–H groups in total. The van der Waals surface area contributed by atoms with Crippen molar-refractivity contribution >= 4 is 11.8 Å². The Balaban J connectivity index is 2.13. The smallest absolute Gasteiger partial charge is 0.0482 e. The van der Waals surface area contributed by atoms with Gasteiger partial charge in [-0.05, 0) is 30.7 Å². The minimum Gasteiger partial charge on any atom is -0.329 e. The first-order chi connectivity index (χ1) is 8.29. The van der Waals surface area contributed by atoms with Crippen molar-refractivity contribution in [2.45, 2.75) is 17.1 Å². The molecule has 0 radical (unpaired) electrons. The fourth-order valence-corrected chi connectivity index (χ4v) is 2.59. The van der Waals surface area contributed by atoms with Crippen LogP contribution in [-0.4, -0.2) is 11.5 Å². The molecule has 88 valence electrons. The summed E-state index contributed by atoms with van der Waals surface area (Å²) in [5.41, 5.74) is 8.29. The first-order valence-electron chi connectivity index (χ1n) is 5.63. The van der Waals surface area contributed by atoms with E-state index in [4.69, 9.17) is 5.73 Å². The van der Waals surface area contributed by atoms with Crippen molar-refractivity contribution < 1.29 is 0 Å². The molecule has 0 bridgehead atoms. The SMILES string of the molecule is Cc1ccc(SC(CN)c2cccnc2)cc1. The molecule has 2 nitrogen and oxygen atoms in total. The van der Waals surface area contributed by atoms with Gasteiger partial charge in [-0.2, -0.15) is 0 Å². The maximum absolute atomic E-state index is 5.83. The number of thioether (sulfide) groups is 1. The van der Waals surface area contributed by atoms with E-state index in [-0.39, 0.29) is 5.25 Å². The maximum atomic E-state index is 5.83. The summed E-state index contributed by atoms with van der Waals surface area (Å²) in [4.78, 5) is 5.39. The van der Waals surface area contributed by atoms with Crippen LogP contribution in [0.1, 0.15) is 16.4 Å². The van der Waals surface area contributed by atoms with Crippen molar-refractivity contribution in [1.29, 1.82) is 0 Å². The third-order valence-electron chi connectivity index (χ3n) is 2.57. The zero-order chi connectivity index (χ0) is 12.1. The van der Waals surface area contributed by atoms with E-state index in [0.717, 1.165) is 0 Å². The molecule has 2 rings (SSSR count). The molecule has 0 aliphatic rings. The molecule has 3 heteroatoms. The minimum atomic E-state index is 0.270. The molecule has 0 aliphatic carbocycles. The molecule has 1 aromatic heterocycles. The van der Waals surface area contributed by atoms with Crippen molar-refractivity contribution in [1.82, 2.24) is 4.98 Å². The lowest BCUT2D eigenvalue weighted by molar-refractivity contribution is 0.932. The Morgan fingerprint density at radius 3 is 2.59 bits per heavy atom. The molecule has 0 saturated carbocycles. The summed E-state index contributed by atoms with van der Waals surface area (Å²) in [6.45, 7) is 2.71. The third kappa shape index (κ3) is 3.32. The van der Waals surface area contributed by atoms with Gasteiger partial charge in [0.1, 0.15) is 0 Å². The lowest BCUT2D eigenvalue weighted by Crippen LogP contribution is -2.09. The van der Waals surface area contributed by atoms with Gasteiger partial charge in [0.25, 0.3) is 0 Å². The highest BCUT2D eigenvalue weighted by atomic mass is 32.2. The van der Waals surface area contributed by atoms with Crippen molar-refractivity contribution in [3.05, 3.63) is 59.9 Å². The van der Waals surface area contributed by atoms with Gasteiger partial charge in [-0.3, -0.25) is 4.98 Å². The van der Waals surface area contributed by atoms with Crippen LogP contribution in [0.3, 0.4) is 0 Å². The van der Waals surface area contributed by atoms with Gasteiger partial charge < -0.3 is 5.73 Å². The van der Waals surface area contributed by atoms with Crippen LogP contribution >= 0.6 is 11.8 Å². The van der Waals surface area contributed by atoms with E-state index < -0.39 is 0 Å². The number of pyridine rings is 1. The van der Waals surface area contributed by atoms with Crippen LogP contribution in [0.15, 0.2) is 53.7 Å². The van der Waals surface area contributed by atoms with Crippen LogP contribution in [0.5, 0.6) is 0 Å². The molecule has 1 unspecified atom stereocenters. The fourth-order valence-electron chi connectivity index (χ4n) is 1.60. The highest BCUT2D eigenvalue weighted by molar-refractivity contribution is 7.99. The van der Waals surface area contributed by atoms with E-state index in [2.05, 4.69) is 42.2 Å². The molecule has 0 fully saturated rings. The van der Waals surface area contributed by atoms with Gasteiger partial charge in [-0.15, -0.1) is 11.8 Å². The first-order valence-corrected chi connectivity index (χ1v) is 6.51. The van der Waals surface area contributed by atoms with Gasteiger partial charge >= 0.3 is 0 Å². The van der Waals surface area contributed by atoms with E-state index in [9.17, 15) is 0 Å². The largest absolute Gasteiger partial charge is 0.329 e. The highest BCUT2D eigenvalue weighted by Crippen LogP contribution is 2.33. The molecule has 0 saturated heterocycles. The number of hydrogen-bond donors (Lipinski definition) is 1. The second-order valence-corrected chi connectivity index (χ2v) is 5.22. The van der Waals surface area contributed by atoms with Gasteiger partial charge in [0.05, 0.1) is 0 Å². The van der Waals surface area contributed by atoms with E-state index in [0.29, 0.717) is 6.54 Å². The van der Waals surface area contributed by atoms with Crippen LogP contribution < -0.4 is 5.73 Å². The molecular weight excluding hydrogens is 228 g/mol. The molecule has 17 heavy (non-hydrogen) atoms. The normalized spacial score (nSPS) is 12.4. The maximum Gasteiger partial charge on any atom is 0.0482 e. The molecule has 1 aromatic carbocycles. The van der Waals surface area contributed by atoms with E-state index in [1.165, 1.54) is 16.0 Å². The lowest BCUT2D eigenvalue weighted by Gasteiger charge is -2.14. The summed E-state index contributed by atoms with van der Waals surface area (Å²) in [6.07, 6.45) is 3.67. The first kappa shape index (κ1) is 12.1. The average molecular weight is 244 g/mol. The zero-order valence-corrected chi connectivity index (χ0v) is 10.7. The fraction of sp³-hybridized carbons (Fsp3) is 0.214. The topological polar surface area (TPSA) is 38.9 Å². The number of nitrogens with zero attached hydrogens (tertiary/aromatic N) is 1. The summed E-state index contributed by atoms with van der Waals surface area (Å²) >= 11 is 1.79. The lowest BCUT2D eigenvalue weighted by atomic mass is 10.2. The Kier molecular flexibility index (Phi) is 4.18. The second-order valence-electron chi connectivity index (χ2n) is 3.94. The number of aryl methyl sites for hydroxylation is 1. The van der Waals surface area contributed by atoms with Crippen LogP contribution in [0.25, 0.3) is 0 Å². The van der Waals surface area contributed by atoms with Crippen LogP contribution in [-0.2, 0) is 0 Å². The molecular formula is C14H16N2S. The Morgan fingerprint density at radius 2 is 2.00 bits per heavy atom. The van der Waals surface area contributed by atoms with Gasteiger partial charge in [-0.25, -0.2) is 0 Å². The second kappa shape index (κ2) is 5.84. The van der Waals surface area contributed by atoms with E-state index in [1.54, 1.807) is 18.0 Å². The number of benzene rings is 1. The van der Waals surface area contributed by atoms with Gasteiger partial charge in [0.15, 0.2) is 0 Å². The number of hydrogen-bond acceptors (Lipinski definition) is 3. The van der Waals surface area contributed by atoms with Crippen molar-refractivity contribution in [3.63, 3.8) is 0 Å². The molecule has 2 aromatic rings. The molecule has 1 atom stereocenters. The molecule has 0 spiro atoms. The van der Waals surface area contributed by atoms with Crippen LogP contribution in [0, 0.1) is 6.92 Å². The van der Waals surface area contributed by atoms with Crippen LogP contribution in [0.2, 0.25) is 0 Å². The van der Waals surface area contributed by atoms with Gasteiger partial charge in [0, 0.05) is 29.1 Å². The third-order valence-corrected chi connectivity index (χ3v) is 3.86. The van der Waals surface area contributed by atoms with E-state index in [1.807, 2.05) is 12.3 Å². The standard InChI is InChI=1S/C14H16N2S/c1-11-4-6-13(7-5-11)17-14(9-15)12-3-2-8-16-10-12/h2-8,10,14H,9,15H2,1H3. The number of rotatable bonds is 4. The predicted octanol–water partition coefficient (Wildman–Crippen LogP) is 3.18. The Labute approximate surface area is 106 Å². The predicted molar refractivity (Wildman–Crippen MR) is 73.1 cm³/mol. The Bertz CT molecular complexity index is 453. The van der Waals surface area contributed by atoms with Crippen molar-refractivity contribution in [3.8, 4) is 0 Å². The molecule has 1 heterocycles. The summed E-state index contributed by atoms with van der Waals surface area (Å²) in [5, 5.41) is 0.270. The van der Waals surface area contributed by atoms with Gasteiger partial charge in [-0.1, -0.05) is 23.8 Å². The number of aromatic nitrogens is 1.